The van der Waals surface area contributed by atoms with Crippen molar-refractivity contribution in [2.75, 3.05) is 0 Å². The largest absolute Gasteiger partial charge is 0.354 e. The summed E-state index contributed by atoms with van der Waals surface area (Å²) < 4.78 is 0. The minimum Gasteiger partial charge on any atom is -0.328 e. The van der Waals surface area contributed by atoms with E-state index in [-0.39, 0.29) is 19.5 Å². The van der Waals surface area contributed by atoms with Crippen molar-refractivity contribution in [1.82, 2.24) is 0 Å². The van der Waals surface area contributed by atoms with Crippen molar-refractivity contribution >= 4 is 0 Å². The smallest absolute Gasteiger partial charge is 0.328 e. The van der Waals surface area contributed by atoms with E-state index in [2.05, 4.69) is 4.94 Å². The Bertz CT molecular complexity index is 128. The van der Waals surface area contributed by atoms with Gasteiger partial charge < -0.3 is 5.21 Å². The first-order valence-electron chi connectivity index (χ1n) is 1.48. The maximum absolute atomic E-state index is 8.89. The summed E-state index contributed by atoms with van der Waals surface area (Å²) in [6, 6.07) is 0. The van der Waals surface area contributed by atoms with Gasteiger partial charge in [-0.25, -0.2) is 10.1 Å². The minimum absolute atomic E-state index is 0. The van der Waals surface area contributed by atoms with Gasteiger partial charge in [-0.15, -0.1) is 15.1 Å². The first-order chi connectivity index (χ1) is 4.50. The summed E-state index contributed by atoms with van der Waals surface area (Å²) >= 11 is 0. The van der Waals surface area contributed by atoms with Gasteiger partial charge in [0.2, 0.25) is 0 Å². The van der Waals surface area contributed by atoms with Crippen molar-refractivity contribution in [1.29, 1.82) is 0 Å². The number of nitrogens with zero attached hydrogens (tertiary/aromatic N) is 3. The van der Waals surface area contributed by atoms with Crippen LogP contribution in [0.15, 0.2) is 5.34 Å². The maximum atomic E-state index is 8.89. The van der Waals surface area contributed by atoms with Gasteiger partial charge in [0.25, 0.3) is 5.09 Å². The fourth-order valence-corrected chi connectivity index (χ4v) is 0.0272. The minimum atomic E-state index is -1.50. The molecule has 0 atom stereocenters. The third-order valence-corrected chi connectivity index (χ3v) is 0.100. The molecule has 10 nitrogen and oxygen atoms in total. The summed E-state index contributed by atoms with van der Waals surface area (Å²) in [6.45, 7) is 0. The molecule has 0 bridgehead atoms. The van der Waals surface area contributed by atoms with Crippen LogP contribution in [-0.2, 0) is 24.4 Å². The second kappa shape index (κ2) is 11.4. The molecule has 66 valence electrons. The van der Waals surface area contributed by atoms with Crippen LogP contribution in [0.5, 0.6) is 0 Å². The van der Waals surface area contributed by atoms with E-state index in [0.29, 0.717) is 0 Å². The second-order valence-electron chi connectivity index (χ2n) is 0.618. The summed E-state index contributed by atoms with van der Waals surface area (Å²) in [6.07, 6.45) is 0. The summed E-state index contributed by atoms with van der Waals surface area (Å²) in [5, 5.41) is 22.7. The molecule has 0 aliphatic carbocycles. The van der Waals surface area contributed by atoms with E-state index in [0.717, 1.165) is 0 Å². The molecule has 0 rings (SSSR count). The standard InChI is InChI=1S/N2O4.HNO3.Ru/c3-1-6-2(4)5;2-1(3)4;/h;(H,2,3,4);. The monoisotopic (exact) mass is 257 g/mol. The van der Waals surface area contributed by atoms with E-state index in [1.165, 1.54) is 5.34 Å². The van der Waals surface area contributed by atoms with Crippen molar-refractivity contribution in [2.45, 2.75) is 0 Å². The molecule has 0 radical (unpaired) electrons. The third kappa shape index (κ3) is 144. The third-order valence-electron chi connectivity index (χ3n) is 0.100. The van der Waals surface area contributed by atoms with Gasteiger partial charge in [0.1, 0.15) is 0 Å². The molecule has 0 amide bonds. The van der Waals surface area contributed by atoms with Gasteiger partial charge in [0.05, 0.1) is 0 Å². The molecule has 0 aliphatic heterocycles. The molecule has 0 aromatic rings. The first-order valence-corrected chi connectivity index (χ1v) is 1.48. The van der Waals surface area contributed by atoms with Gasteiger partial charge in [-0.1, -0.05) is 0 Å². The zero-order valence-corrected chi connectivity index (χ0v) is 6.33. The summed E-state index contributed by atoms with van der Waals surface area (Å²) in [5.41, 5.74) is 0. The second-order valence-corrected chi connectivity index (χ2v) is 0.618. The van der Waals surface area contributed by atoms with E-state index in [4.69, 9.17) is 30.3 Å². The molecule has 11 heteroatoms. The van der Waals surface area contributed by atoms with E-state index in [1.807, 2.05) is 0 Å². The summed E-state index contributed by atoms with van der Waals surface area (Å²) in [5.74, 6) is 0. The predicted molar refractivity (Wildman–Crippen MR) is 22.7 cm³/mol. The Morgan fingerprint density at radius 3 is 1.64 bits per heavy atom. The van der Waals surface area contributed by atoms with Gasteiger partial charge in [0.15, 0.2) is 5.09 Å². The predicted octanol–water partition coefficient (Wildman–Crippen LogP) is -0.474. The number of hydrogen-bond donors (Lipinski definition) is 1. The Balaban J connectivity index is -0.000000114. The molecule has 0 heterocycles. The molecule has 0 fully saturated rings. The van der Waals surface area contributed by atoms with Crippen LogP contribution in [0.3, 0.4) is 0 Å². The molecule has 0 saturated carbocycles. The van der Waals surface area contributed by atoms with Crippen LogP contribution in [0.2, 0.25) is 0 Å². The van der Waals surface area contributed by atoms with Gasteiger partial charge in [-0.05, 0) is 0 Å². The normalized spacial score (nSPS) is 5.82. The van der Waals surface area contributed by atoms with E-state index in [1.54, 1.807) is 0 Å². The van der Waals surface area contributed by atoms with Crippen molar-refractivity contribution in [3.05, 3.63) is 25.1 Å². The van der Waals surface area contributed by atoms with Crippen LogP contribution in [-0.4, -0.2) is 15.4 Å². The Morgan fingerprint density at radius 1 is 1.36 bits per heavy atom. The van der Waals surface area contributed by atoms with E-state index in [9.17, 15) is 0 Å². The molecule has 11 heavy (non-hydrogen) atoms. The van der Waals surface area contributed by atoms with E-state index < -0.39 is 10.2 Å². The van der Waals surface area contributed by atoms with Gasteiger partial charge in [0, 0.05) is 24.4 Å². The summed E-state index contributed by atoms with van der Waals surface area (Å²) in [7, 11) is 0. The fourth-order valence-electron chi connectivity index (χ4n) is 0.0272. The average Bonchev–Trinajstić information content (AvgIpc) is 1.62. The van der Waals surface area contributed by atoms with Crippen LogP contribution in [0.1, 0.15) is 0 Å². The Kier molecular flexibility index (Phi) is 16.9. The Labute approximate surface area is 71.0 Å². The van der Waals surface area contributed by atoms with Crippen LogP contribution >= 0.6 is 0 Å². The topological polar surface area (TPSA) is 145 Å². The van der Waals surface area contributed by atoms with Crippen LogP contribution in [0, 0.1) is 25.1 Å². The maximum Gasteiger partial charge on any atom is 0.354 e. The summed E-state index contributed by atoms with van der Waals surface area (Å²) in [4.78, 5) is 28.8. The zero-order chi connectivity index (χ0) is 8.57. The van der Waals surface area contributed by atoms with Crippen molar-refractivity contribution in [2.24, 2.45) is 5.34 Å². The van der Waals surface area contributed by atoms with Crippen LogP contribution < -0.4 is 0 Å². The SMILES string of the molecule is O=NO[N+](=O)[O-].O=[N+]([O-])O.[Ru]. The van der Waals surface area contributed by atoms with Crippen molar-refractivity contribution < 1.29 is 39.8 Å². The van der Waals surface area contributed by atoms with Crippen LogP contribution in [0.4, 0.5) is 0 Å². The van der Waals surface area contributed by atoms with E-state index >= 15 is 0 Å². The molecule has 0 unspecified atom stereocenters. The van der Waals surface area contributed by atoms with Gasteiger partial charge in [-0.3, -0.25) is 0 Å². The first kappa shape index (κ1) is 16.3. The van der Waals surface area contributed by atoms with Gasteiger partial charge in [-0.2, -0.15) is 0 Å². The fraction of sp³-hybridized carbons (Fsp3) is 0. The van der Waals surface area contributed by atoms with Gasteiger partial charge >= 0.3 is 5.34 Å². The zero-order valence-electron chi connectivity index (χ0n) is 4.59. The Morgan fingerprint density at radius 2 is 1.64 bits per heavy atom. The van der Waals surface area contributed by atoms with Crippen molar-refractivity contribution in [3.63, 3.8) is 0 Å². The molecule has 0 spiro atoms. The molecule has 1 N–H and O–H groups in total. The van der Waals surface area contributed by atoms with Crippen molar-refractivity contribution in [3.8, 4) is 0 Å². The van der Waals surface area contributed by atoms with Crippen LogP contribution in [0.25, 0.3) is 0 Å². The molecule has 0 saturated heterocycles. The Hall–Kier alpha value is -1.38. The average molecular weight is 256 g/mol. The molecule has 0 aromatic heterocycles. The number of rotatable bonds is 2. The molecular weight excluding hydrogens is 255 g/mol. The number of hydrogen-bond acceptors (Lipinski definition) is 7. The molecule has 0 aromatic carbocycles. The molecule has 0 aliphatic rings. The quantitative estimate of drug-likeness (QED) is 0.304. The molecular formula is HN3O7Ru.